The number of hydrogen-bond donors (Lipinski definition) is 0. The van der Waals surface area contributed by atoms with Gasteiger partial charge in [-0.3, -0.25) is 9.97 Å². The minimum absolute atomic E-state index is 0. The molecule has 0 aliphatic rings. The molecule has 4 rings (SSSR count). The predicted molar refractivity (Wildman–Crippen MR) is 131 cm³/mol. The molecule has 4 aromatic rings. The summed E-state index contributed by atoms with van der Waals surface area (Å²) in [5.41, 5.74) is 4.38. The minimum atomic E-state index is -1.08. The molecule has 9 heteroatoms. The Balaban J connectivity index is 0. The van der Waals surface area contributed by atoms with E-state index in [1.54, 1.807) is 0 Å². The number of hydrogen-bond acceptors (Lipinski definition) is 8. The number of carbonyl (C=O) groups excluding carboxylic acids is 3. The first-order valence-electron chi connectivity index (χ1n) is 10.6. The second-order valence-electron chi connectivity index (χ2n) is 6.64. The van der Waals surface area contributed by atoms with Gasteiger partial charge in [-0.1, -0.05) is 72.8 Å². The molecule has 0 fully saturated rings. The summed E-state index contributed by atoms with van der Waals surface area (Å²) in [5.74, 6) is -3.25. The van der Waals surface area contributed by atoms with Gasteiger partial charge in [-0.2, -0.15) is 0 Å². The maximum absolute atomic E-state index is 8.89. The van der Waals surface area contributed by atoms with Crippen molar-refractivity contribution >= 4 is 17.9 Å². The van der Waals surface area contributed by atoms with E-state index in [0.717, 1.165) is 43.3 Å². The van der Waals surface area contributed by atoms with Crippen molar-refractivity contribution in [2.45, 2.75) is 20.8 Å². The summed E-state index contributed by atoms with van der Waals surface area (Å²) in [5, 5.41) is 26.7. The fourth-order valence-corrected chi connectivity index (χ4v) is 2.28. The third-order valence-corrected chi connectivity index (χ3v) is 3.47. The van der Waals surface area contributed by atoms with Crippen molar-refractivity contribution < 1.29 is 49.2 Å². The Morgan fingerprint density at radius 2 is 0.730 bits per heavy atom. The molecule has 0 saturated heterocycles. The molecule has 0 N–H and O–H groups in total. The second-order valence-corrected chi connectivity index (χ2v) is 6.64. The van der Waals surface area contributed by atoms with Gasteiger partial charge in [0.2, 0.25) is 0 Å². The Morgan fingerprint density at radius 3 is 0.946 bits per heavy atom. The summed E-state index contributed by atoms with van der Waals surface area (Å²) in [6.45, 7) is 2.92. The van der Waals surface area contributed by atoms with E-state index in [1.807, 2.05) is 85.2 Å². The van der Waals surface area contributed by atoms with Gasteiger partial charge >= 0.3 is 19.5 Å². The van der Waals surface area contributed by atoms with Crippen LogP contribution < -0.4 is 15.3 Å². The van der Waals surface area contributed by atoms with Crippen LogP contribution >= 0.6 is 0 Å². The summed E-state index contributed by atoms with van der Waals surface area (Å²) in [4.78, 5) is 35.2. The van der Waals surface area contributed by atoms with E-state index in [2.05, 4.69) is 34.2 Å². The van der Waals surface area contributed by atoms with Crippen LogP contribution in [0, 0.1) is 0 Å². The Labute approximate surface area is 229 Å². The summed E-state index contributed by atoms with van der Waals surface area (Å²) in [6, 6.07) is 32.2. The van der Waals surface area contributed by atoms with Crippen molar-refractivity contribution in [3.05, 3.63) is 109 Å². The summed E-state index contributed by atoms with van der Waals surface area (Å²) >= 11 is 0. The van der Waals surface area contributed by atoms with Gasteiger partial charge in [0.05, 0.1) is 11.4 Å². The number of aliphatic carboxylic acids is 3. The molecule has 0 atom stereocenters. The molecule has 8 nitrogen and oxygen atoms in total. The van der Waals surface area contributed by atoms with Crippen molar-refractivity contribution in [3.8, 4) is 22.5 Å². The zero-order chi connectivity index (χ0) is 27.2. The van der Waals surface area contributed by atoms with Gasteiger partial charge in [0.1, 0.15) is 0 Å². The summed E-state index contributed by atoms with van der Waals surface area (Å²) in [7, 11) is 0. The van der Waals surface area contributed by atoms with Crippen LogP contribution in [0.2, 0.25) is 0 Å². The topological polar surface area (TPSA) is 146 Å². The van der Waals surface area contributed by atoms with E-state index in [-0.39, 0.29) is 19.5 Å². The molecule has 0 aliphatic heterocycles. The Bertz CT molecular complexity index is 940. The quantitative estimate of drug-likeness (QED) is 0.321. The number of nitrogens with zero attached hydrogens (tertiary/aromatic N) is 2. The first-order valence-corrected chi connectivity index (χ1v) is 10.6. The monoisotopic (exact) mass is 590 g/mol. The fraction of sp³-hybridized carbons (Fsp3) is 0.107. The van der Waals surface area contributed by atoms with Crippen molar-refractivity contribution in [2.24, 2.45) is 0 Å². The van der Waals surface area contributed by atoms with Crippen LogP contribution in [0.25, 0.3) is 22.5 Å². The molecule has 0 radical (unpaired) electrons. The number of pyridine rings is 2. The normalized spacial score (nSPS) is 8.30. The van der Waals surface area contributed by atoms with E-state index >= 15 is 0 Å². The number of rotatable bonds is 2. The summed E-state index contributed by atoms with van der Waals surface area (Å²) in [6.07, 6.45) is 3.62. The first kappa shape index (κ1) is 34.9. The van der Waals surface area contributed by atoms with Crippen LogP contribution in [0.1, 0.15) is 20.8 Å². The van der Waals surface area contributed by atoms with Crippen LogP contribution in [0.15, 0.2) is 109 Å². The molecule has 2 aromatic heterocycles. The van der Waals surface area contributed by atoms with Gasteiger partial charge in [-0.15, -0.1) is 0 Å². The largest absolute Gasteiger partial charge is 3.00 e. The van der Waals surface area contributed by atoms with Gasteiger partial charge in [0.15, 0.2) is 0 Å². The molecule has 2 heterocycles. The van der Waals surface area contributed by atoms with Gasteiger partial charge in [-0.05, 0) is 45.0 Å². The van der Waals surface area contributed by atoms with Crippen molar-refractivity contribution in [2.75, 3.05) is 0 Å². The number of benzene rings is 2. The number of carboxylic acids is 3. The fourth-order valence-electron chi connectivity index (χ4n) is 2.28. The Morgan fingerprint density at radius 1 is 0.486 bits per heavy atom. The molecule has 37 heavy (non-hydrogen) atoms. The number of aromatic nitrogens is 2. The van der Waals surface area contributed by atoms with Crippen LogP contribution in [0.5, 0.6) is 0 Å². The Hall–Kier alpha value is -4.23. The molecule has 0 aliphatic carbocycles. The molecule has 194 valence electrons. The van der Waals surface area contributed by atoms with Crippen molar-refractivity contribution in [3.63, 3.8) is 0 Å². The van der Waals surface area contributed by atoms with Gasteiger partial charge < -0.3 is 29.7 Å². The van der Waals surface area contributed by atoms with Crippen LogP contribution in [-0.2, 0) is 33.9 Å². The smallest absolute Gasteiger partial charge is 0.550 e. The molecule has 0 unspecified atom stereocenters. The van der Waals surface area contributed by atoms with E-state index in [4.69, 9.17) is 29.7 Å². The van der Waals surface area contributed by atoms with E-state index < -0.39 is 17.9 Å². The minimum Gasteiger partial charge on any atom is -0.550 e. The van der Waals surface area contributed by atoms with Crippen LogP contribution in [-0.4, -0.2) is 27.9 Å². The molecule has 0 saturated carbocycles. The van der Waals surface area contributed by atoms with E-state index in [9.17, 15) is 0 Å². The number of carboxylic acid groups (broad SMARTS) is 3. The average molecular weight is 590 g/mol. The molecular formula is C28H27N2O6Rh. The summed E-state index contributed by atoms with van der Waals surface area (Å²) < 4.78 is 0. The maximum atomic E-state index is 8.89. The number of carbonyl (C=O) groups is 3. The molecule has 0 spiro atoms. The maximum Gasteiger partial charge on any atom is 3.00 e. The third kappa shape index (κ3) is 22.0. The van der Waals surface area contributed by atoms with Crippen molar-refractivity contribution in [1.29, 1.82) is 0 Å². The molecule has 2 aromatic carbocycles. The molecule has 0 amide bonds. The van der Waals surface area contributed by atoms with Crippen molar-refractivity contribution in [1.82, 2.24) is 9.97 Å². The average Bonchev–Trinajstić information content (AvgIpc) is 2.86. The van der Waals surface area contributed by atoms with Crippen LogP contribution in [0.4, 0.5) is 0 Å². The third-order valence-electron chi connectivity index (χ3n) is 3.47. The zero-order valence-electron chi connectivity index (χ0n) is 20.6. The van der Waals surface area contributed by atoms with Gasteiger partial charge in [0, 0.05) is 41.4 Å². The zero-order valence-corrected chi connectivity index (χ0v) is 22.2. The van der Waals surface area contributed by atoms with E-state index in [0.29, 0.717) is 0 Å². The molecule has 0 bridgehead atoms. The van der Waals surface area contributed by atoms with Gasteiger partial charge in [0.25, 0.3) is 0 Å². The molecular weight excluding hydrogens is 563 g/mol. The second kappa shape index (κ2) is 22.3. The van der Waals surface area contributed by atoms with Gasteiger partial charge in [-0.25, -0.2) is 0 Å². The van der Waals surface area contributed by atoms with Crippen LogP contribution in [0.3, 0.4) is 0 Å². The standard InChI is InChI=1S/2C11H9N.3C2H4O2.Rh/c2*1-2-6-10(7-3-1)11-8-4-5-9-12-11;3*1-2(3)4;/h2*1-9H;3*1H3,(H,3,4);/q;;;;;+3/p-3. The predicted octanol–water partition coefficient (Wildman–Crippen LogP) is 1.76. The van der Waals surface area contributed by atoms with E-state index in [1.165, 1.54) is 0 Å². The first-order chi connectivity index (χ1) is 17.1. The Kier molecular flexibility index (Phi) is 21.0. The SMILES string of the molecule is CC(=O)[O-].CC(=O)[O-].CC(=O)[O-].[Rh+3].c1ccc(-c2ccccn2)cc1.c1ccc(-c2ccccn2)cc1.